The molecule has 3 aliphatic rings. The molecular weight excluding hydrogens is 437 g/mol. The third kappa shape index (κ3) is 6.19. The third-order valence-corrected chi connectivity index (χ3v) is 5.67. The zero-order valence-corrected chi connectivity index (χ0v) is 17.2. The molecule has 10 nitrogen and oxygen atoms in total. The normalized spacial score (nSPS) is 27.3. The van der Waals surface area contributed by atoms with Crippen LogP contribution in [0.5, 0.6) is 0 Å². The summed E-state index contributed by atoms with van der Waals surface area (Å²) in [6.07, 6.45) is -0.196. The molecule has 1 spiro atoms. The Morgan fingerprint density at radius 1 is 1.22 bits per heavy atom. The van der Waals surface area contributed by atoms with Crippen LogP contribution >= 0.6 is 0 Å². The summed E-state index contributed by atoms with van der Waals surface area (Å²) in [7, 11) is 0. The van der Waals surface area contributed by atoms with Crippen LogP contribution in [0.3, 0.4) is 0 Å². The average molecular weight is 462 g/mol. The number of rotatable bonds is 5. The molecular formula is C19H25F3N4O6. The number of nitrogens with zero attached hydrogens (tertiary/aromatic N) is 3. The van der Waals surface area contributed by atoms with Crippen LogP contribution in [0.1, 0.15) is 25.7 Å². The summed E-state index contributed by atoms with van der Waals surface area (Å²) >= 11 is 0. The third-order valence-electron chi connectivity index (χ3n) is 5.67. The van der Waals surface area contributed by atoms with Gasteiger partial charge in [0, 0.05) is 25.7 Å². The molecule has 1 saturated carbocycles. The molecule has 0 amide bonds. The van der Waals surface area contributed by atoms with Gasteiger partial charge in [0.2, 0.25) is 0 Å². The maximum Gasteiger partial charge on any atom is 0.490 e. The van der Waals surface area contributed by atoms with Gasteiger partial charge in [-0.1, -0.05) is 0 Å². The highest BCUT2D eigenvalue weighted by atomic mass is 19.4. The summed E-state index contributed by atoms with van der Waals surface area (Å²) in [5.74, 6) is -1.99. The minimum absolute atomic E-state index is 0.108. The fourth-order valence-corrected chi connectivity index (χ4v) is 3.98. The number of aromatic nitrogens is 2. The number of halogens is 3. The number of anilines is 2. The van der Waals surface area contributed by atoms with Crippen molar-refractivity contribution in [3.8, 4) is 0 Å². The number of morpholine rings is 1. The highest BCUT2D eigenvalue weighted by Crippen LogP contribution is 2.49. The Kier molecular flexibility index (Phi) is 7.39. The summed E-state index contributed by atoms with van der Waals surface area (Å²) < 4.78 is 43.2. The fraction of sp³-hybridized carbons (Fsp3) is 0.684. The van der Waals surface area contributed by atoms with Crippen LogP contribution in [0, 0.1) is 5.92 Å². The quantitative estimate of drug-likeness (QED) is 0.594. The van der Waals surface area contributed by atoms with Gasteiger partial charge in [-0.2, -0.15) is 13.2 Å². The molecule has 2 saturated heterocycles. The second kappa shape index (κ2) is 9.86. The summed E-state index contributed by atoms with van der Waals surface area (Å²) in [5.41, 5.74) is -0.194. The zero-order chi connectivity index (χ0) is 23.4. The minimum Gasteiger partial charge on any atom is -0.481 e. The van der Waals surface area contributed by atoms with Gasteiger partial charge >= 0.3 is 18.1 Å². The van der Waals surface area contributed by atoms with E-state index in [1.54, 1.807) is 6.33 Å². The van der Waals surface area contributed by atoms with Crippen molar-refractivity contribution < 1.29 is 42.4 Å². The van der Waals surface area contributed by atoms with E-state index in [9.17, 15) is 18.0 Å². The van der Waals surface area contributed by atoms with Crippen LogP contribution in [-0.2, 0) is 19.1 Å². The minimum atomic E-state index is -5.08. The van der Waals surface area contributed by atoms with Crippen molar-refractivity contribution in [2.45, 2.75) is 43.6 Å². The monoisotopic (exact) mass is 462 g/mol. The van der Waals surface area contributed by atoms with Crippen molar-refractivity contribution in [1.29, 1.82) is 0 Å². The van der Waals surface area contributed by atoms with E-state index in [2.05, 4.69) is 20.2 Å². The Hall–Kier alpha value is -2.67. The smallest absolute Gasteiger partial charge is 0.481 e. The number of nitrogens with one attached hydrogen (secondary N) is 1. The van der Waals surface area contributed by atoms with Gasteiger partial charge in [-0.3, -0.25) is 4.79 Å². The first kappa shape index (κ1) is 24.0. The molecule has 0 bridgehead atoms. The number of ether oxygens (including phenoxy) is 2. The molecule has 1 unspecified atom stereocenters. The summed E-state index contributed by atoms with van der Waals surface area (Å²) in [5, 5.41) is 19.5. The number of hydrogen-bond acceptors (Lipinski definition) is 8. The lowest BCUT2D eigenvalue weighted by Gasteiger charge is -2.42. The topological polar surface area (TPSA) is 134 Å². The molecule has 13 heteroatoms. The van der Waals surface area contributed by atoms with E-state index in [4.69, 9.17) is 24.5 Å². The Bertz CT molecular complexity index is 812. The van der Waals surface area contributed by atoms with Gasteiger partial charge in [-0.25, -0.2) is 14.8 Å². The first-order chi connectivity index (χ1) is 15.1. The molecule has 1 atom stereocenters. The number of alkyl halides is 3. The average Bonchev–Trinajstić information content (AvgIpc) is 3.17. The van der Waals surface area contributed by atoms with Gasteiger partial charge in [0.1, 0.15) is 18.0 Å². The van der Waals surface area contributed by atoms with Crippen LogP contribution in [0.15, 0.2) is 12.4 Å². The van der Waals surface area contributed by atoms with E-state index >= 15 is 0 Å². The Balaban J connectivity index is 0.000000360. The molecule has 1 aromatic rings. The predicted octanol–water partition coefficient (Wildman–Crippen LogP) is 1.77. The number of carbonyl (C=O) groups is 2. The zero-order valence-electron chi connectivity index (χ0n) is 17.2. The van der Waals surface area contributed by atoms with Crippen molar-refractivity contribution in [1.82, 2.24) is 9.97 Å². The van der Waals surface area contributed by atoms with Gasteiger partial charge in [0.05, 0.1) is 30.8 Å². The molecule has 1 aliphatic carbocycles. The predicted molar refractivity (Wildman–Crippen MR) is 104 cm³/mol. The molecule has 0 radical (unpaired) electrons. The van der Waals surface area contributed by atoms with Crippen molar-refractivity contribution >= 4 is 23.6 Å². The van der Waals surface area contributed by atoms with Gasteiger partial charge in [-0.05, 0) is 25.7 Å². The van der Waals surface area contributed by atoms with Crippen molar-refractivity contribution in [2.24, 2.45) is 5.92 Å². The van der Waals surface area contributed by atoms with E-state index in [1.165, 1.54) is 0 Å². The van der Waals surface area contributed by atoms with Crippen LogP contribution in [0.25, 0.3) is 0 Å². The molecule has 178 valence electrons. The Morgan fingerprint density at radius 2 is 1.88 bits per heavy atom. The first-order valence-electron chi connectivity index (χ1n) is 10.2. The van der Waals surface area contributed by atoms with Crippen molar-refractivity contribution in [3.05, 3.63) is 12.4 Å². The molecule has 2 aliphatic heterocycles. The largest absolute Gasteiger partial charge is 0.490 e. The molecule has 3 fully saturated rings. The maximum atomic E-state index is 11.0. The fourth-order valence-electron chi connectivity index (χ4n) is 3.98. The molecule has 1 aromatic heterocycles. The Morgan fingerprint density at radius 3 is 2.47 bits per heavy atom. The van der Waals surface area contributed by atoms with E-state index < -0.39 is 18.1 Å². The molecule has 32 heavy (non-hydrogen) atoms. The van der Waals surface area contributed by atoms with Gasteiger partial charge < -0.3 is 29.9 Å². The van der Waals surface area contributed by atoms with E-state index in [1.807, 2.05) is 6.07 Å². The summed E-state index contributed by atoms with van der Waals surface area (Å²) in [4.78, 5) is 30.7. The number of aliphatic carboxylic acids is 2. The lowest BCUT2D eigenvalue weighted by Crippen LogP contribution is -2.47. The lowest BCUT2D eigenvalue weighted by molar-refractivity contribution is -0.192. The van der Waals surface area contributed by atoms with Crippen molar-refractivity contribution in [2.75, 3.05) is 43.1 Å². The van der Waals surface area contributed by atoms with Gasteiger partial charge in [-0.15, -0.1) is 0 Å². The molecule has 3 N–H and O–H groups in total. The SMILES string of the molecule is O=C(O)C(F)(F)F.O=C(O)C1CC2(CCC(CNc3cc(N4CCOCC4)ncn3)O2)C1. The number of carboxylic acid groups (broad SMARTS) is 2. The maximum absolute atomic E-state index is 11.0. The summed E-state index contributed by atoms with van der Waals surface area (Å²) in [6, 6.07) is 1.96. The van der Waals surface area contributed by atoms with Crippen LogP contribution in [-0.4, -0.2) is 82.8 Å². The molecule has 0 aromatic carbocycles. The van der Waals surface area contributed by atoms with E-state index in [0.29, 0.717) is 19.4 Å². The lowest BCUT2D eigenvalue weighted by atomic mass is 9.69. The summed E-state index contributed by atoms with van der Waals surface area (Å²) in [6.45, 7) is 3.81. The number of carboxylic acids is 2. The van der Waals surface area contributed by atoms with E-state index in [-0.39, 0.29) is 17.6 Å². The second-order valence-electron chi connectivity index (χ2n) is 7.95. The highest BCUT2D eigenvalue weighted by Gasteiger charge is 2.52. The van der Waals surface area contributed by atoms with Gasteiger partial charge in [0.25, 0.3) is 0 Å². The van der Waals surface area contributed by atoms with Crippen LogP contribution in [0.4, 0.5) is 24.8 Å². The van der Waals surface area contributed by atoms with Crippen LogP contribution < -0.4 is 10.2 Å². The van der Waals surface area contributed by atoms with E-state index in [0.717, 1.165) is 50.8 Å². The molecule has 4 rings (SSSR count). The first-order valence-corrected chi connectivity index (χ1v) is 10.2. The highest BCUT2D eigenvalue weighted by molar-refractivity contribution is 5.73. The van der Waals surface area contributed by atoms with Crippen molar-refractivity contribution in [3.63, 3.8) is 0 Å². The molecule has 3 heterocycles. The standard InChI is InChI=1S/C17H24N4O4.C2HF3O2/c22-16(23)12-8-17(9-12)2-1-13(25-17)10-18-14-7-15(20-11-19-14)21-3-5-24-6-4-21;3-2(4,5)1(6)7/h7,11-13H,1-6,8-10H2,(H,22,23)(H,18,19,20);(H,6,7). The number of hydrogen-bond donors (Lipinski definition) is 3. The van der Waals surface area contributed by atoms with Gasteiger partial charge in [0.15, 0.2) is 0 Å². The second-order valence-corrected chi connectivity index (χ2v) is 7.95. The van der Waals surface area contributed by atoms with Crippen LogP contribution in [0.2, 0.25) is 0 Å². The Labute approximate surface area is 181 Å².